The number of hydrogen-bond donors (Lipinski definition) is 0. The van der Waals surface area contributed by atoms with Crippen LogP contribution in [0.5, 0.6) is 0 Å². The highest BCUT2D eigenvalue weighted by atomic mass is 32.2. The molecule has 0 unspecified atom stereocenters. The van der Waals surface area contributed by atoms with Gasteiger partial charge in [0.25, 0.3) is 0 Å². The minimum absolute atomic E-state index is 0.216. The Hall–Kier alpha value is -2.47. The van der Waals surface area contributed by atoms with E-state index in [2.05, 4.69) is 22.8 Å². The molecule has 2 aromatic carbocycles. The van der Waals surface area contributed by atoms with E-state index in [-0.39, 0.29) is 6.09 Å². The Bertz CT molecular complexity index is 863. The van der Waals surface area contributed by atoms with Gasteiger partial charge in [0, 0.05) is 18.0 Å². The summed E-state index contributed by atoms with van der Waals surface area (Å²) in [7, 11) is 0. The molecule has 0 radical (unpaired) electrons. The summed E-state index contributed by atoms with van der Waals surface area (Å²) in [5, 5.41) is 0.940. The Morgan fingerprint density at radius 2 is 1.88 bits per heavy atom. The van der Waals surface area contributed by atoms with Crippen molar-refractivity contribution in [2.75, 3.05) is 25.4 Å². The number of nitrogens with zero attached hydrogens (tertiary/aromatic N) is 3. The molecule has 0 atom stereocenters. The van der Waals surface area contributed by atoms with Gasteiger partial charge in [-0.1, -0.05) is 42.1 Å². The molecule has 5 nitrogen and oxygen atoms in total. The van der Waals surface area contributed by atoms with Gasteiger partial charge in [-0.2, -0.15) is 0 Å². The monoisotopic (exact) mass is 339 g/mol. The summed E-state index contributed by atoms with van der Waals surface area (Å²) in [6.07, 6.45) is -0.216. The third-order valence-corrected chi connectivity index (χ3v) is 4.90. The summed E-state index contributed by atoms with van der Waals surface area (Å²) in [5.41, 5.74) is 3.16. The van der Waals surface area contributed by atoms with Gasteiger partial charge >= 0.3 is 6.09 Å². The first kappa shape index (κ1) is 15.1. The van der Waals surface area contributed by atoms with Gasteiger partial charge in [-0.05, 0) is 24.3 Å². The van der Waals surface area contributed by atoms with Crippen molar-refractivity contribution in [1.82, 2.24) is 14.5 Å². The zero-order valence-corrected chi connectivity index (χ0v) is 13.9. The molecule has 0 N–H and O–H groups in total. The number of para-hydroxylation sites is 3. The minimum Gasteiger partial charge on any atom is -0.448 e. The maximum Gasteiger partial charge on any atom is 0.409 e. The van der Waals surface area contributed by atoms with Crippen molar-refractivity contribution in [3.8, 4) is 5.69 Å². The van der Waals surface area contributed by atoms with Crippen LogP contribution in [0.4, 0.5) is 4.79 Å². The smallest absolute Gasteiger partial charge is 0.409 e. The highest BCUT2D eigenvalue weighted by molar-refractivity contribution is 7.99. The van der Waals surface area contributed by atoms with Gasteiger partial charge in [-0.3, -0.25) is 4.57 Å². The fraction of sp³-hybridized carbons (Fsp3) is 0.222. The van der Waals surface area contributed by atoms with E-state index in [4.69, 9.17) is 9.72 Å². The number of benzene rings is 2. The van der Waals surface area contributed by atoms with Gasteiger partial charge in [-0.25, -0.2) is 9.78 Å². The Morgan fingerprint density at radius 1 is 1.08 bits per heavy atom. The second-order valence-electron chi connectivity index (χ2n) is 5.50. The Kier molecular flexibility index (Phi) is 4.13. The zero-order chi connectivity index (χ0) is 16.4. The molecule has 1 aromatic heterocycles. The molecule has 0 spiro atoms. The van der Waals surface area contributed by atoms with Crippen LogP contribution in [0.25, 0.3) is 16.7 Å². The number of ether oxygens (including phenoxy) is 1. The quantitative estimate of drug-likeness (QED) is 0.667. The Labute approximate surface area is 144 Å². The summed E-state index contributed by atoms with van der Waals surface area (Å²) in [5.74, 6) is 0.783. The second kappa shape index (κ2) is 6.57. The number of carbonyl (C=O) groups is 1. The van der Waals surface area contributed by atoms with E-state index < -0.39 is 0 Å². The van der Waals surface area contributed by atoms with Crippen molar-refractivity contribution in [1.29, 1.82) is 0 Å². The zero-order valence-electron chi connectivity index (χ0n) is 13.1. The number of imidazole rings is 1. The number of rotatable bonds is 5. The molecular weight excluding hydrogens is 322 g/mol. The Balaban J connectivity index is 1.61. The number of hydrogen-bond acceptors (Lipinski definition) is 4. The first-order valence-electron chi connectivity index (χ1n) is 7.90. The van der Waals surface area contributed by atoms with Crippen LogP contribution in [-0.2, 0) is 4.74 Å². The number of carbonyl (C=O) groups excluding carboxylic acids is 1. The number of amides is 1. The van der Waals surface area contributed by atoms with Gasteiger partial charge in [-0.15, -0.1) is 0 Å². The summed E-state index contributed by atoms with van der Waals surface area (Å²) in [6, 6.07) is 18.4. The Morgan fingerprint density at radius 3 is 2.67 bits per heavy atom. The molecule has 1 saturated heterocycles. The maximum absolute atomic E-state index is 11.5. The van der Waals surface area contributed by atoms with Crippen LogP contribution >= 0.6 is 11.8 Å². The average molecular weight is 339 g/mol. The summed E-state index contributed by atoms with van der Waals surface area (Å²) in [4.78, 5) is 18.0. The number of aromatic nitrogens is 2. The fourth-order valence-electron chi connectivity index (χ4n) is 2.80. The van der Waals surface area contributed by atoms with Crippen molar-refractivity contribution >= 4 is 28.9 Å². The lowest BCUT2D eigenvalue weighted by atomic mass is 10.3. The summed E-state index contributed by atoms with van der Waals surface area (Å²) in [6.45, 7) is 1.84. The normalized spacial score (nSPS) is 14.3. The highest BCUT2D eigenvalue weighted by Crippen LogP contribution is 2.28. The molecule has 0 aliphatic carbocycles. The predicted octanol–water partition coefficient (Wildman–Crippen LogP) is 3.57. The van der Waals surface area contributed by atoms with E-state index in [1.807, 2.05) is 36.4 Å². The van der Waals surface area contributed by atoms with E-state index in [1.54, 1.807) is 16.7 Å². The lowest BCUT2D eigenvalue weighted by molar-refractivity contribution is 0.160. The molecule has 2 heterocycles. The molecule has 0 saturated carbocycles. The molecule has 1 aliphatic heterocycles. The largest absolute Gasteiger partial charge is 0.448 e. The third kappa shape index (κ3) is 2.85. The van der Waals surface area contributed by atoms with Gasteiger partial charge in [0.15, 0.2) is 5.16 Å². The van der Waals surface area contributed by atoms with Crippen LogP contribution in [0.15, 0.2) is 59.8 Å². The number of fused-ring (bicyclic) bond motifs is 1. The van der Waals surface area contributed by atoms with E-state index in [9.17, 15) is 4.79 Å². The SMILES string of the molecule is O=C1OCCN1CCSc1nc2ccccc2n1-c1ccccc1. The molecule has 122 valence electrons. The average Bonchev–Trinajstić information content (AvgIpc) is 3.19. The standard InChI is InChI=1S/C18H17N3O2S/c22-18-20(10-12-23-18)11-13-24-17-19-15-8-4-5-9-16(15)21(17)14-6-2-1-3-7-14/h1-9H,10-13H2. The topological polar surface area (TPSA) is 47.4 Å². The lowest BCUT2D eigenvalue weighted by Gasteiger charge is -2.12. The number of thioether (sulfide) groups is 1. The molecule has 3 aromatic rings. The molecule has 4 rings (SSSR count). The van der Waals surface area contributed by atoms with Crippen molar-refractivity contribution in [2.45, 2.75) is 5.16 Å². The predicted molar refractivity (Wildman–Crippen MR) is 94.7 cm³/mol. The number of cyclic esters (lactones) is 1. The molecule has 1 fully saturated rings. The minimum atomic E-state index is -0.216. The summed E-state index contributed by atoms with van der Waals surface area (Å²) >= 11 is 1.66. The van der Waals surface area contributed by atoms with Crippen LogP contribution in [-0.4, -0.2) is 46.0 Å². The molecule has 1 amide bonds. The lowest BCUT2D eigenvalue weighted by Crippen LogP contribution is -2.26. The summed E-state index contributed by atoms with van der Waals surface area (Å²) < 4.78 is 7.14. The van der Waals surface area contributed by atoms with Crippen LogP contribution in [0.1, 0.15) is 0 Å². The second-order valence-corrected chi connectivity index (χ2v) is 6.57. The van der Waals surface area contributed by atoms with Crippen molar-refractivity contribution in [2.24, 2.45) is 0 Å². The highest BCUT2D eigenvalue weighted by Gasteiger charge is 2.21. The van der Waals surface area contributed by atoms with Crippen LogP contribution < -0.4 is 0 Å². The van der Waals surface area contributed by atoms with Crippen molar-refractivity contribution in [3.63, 3.8) is 0 Å². The van der Waals surface area contributed by atoms with Crippen LogP contribution in [0, 0.1) is 0 Å². The van der Waals surface area contributed by atoms with Gasteiger partial charge in [0.05, 0.1) is 17.6 Å². The first-order valence-corrected chi connectivity index (χ1v) is 8.89. The van der Waals surface area contributed by atoms with Gasteiger partial charge < -0.3 is 9.64 Å². The molecule has 24 heavy (non-hydrogen) atoms. The maximum atomic E-state index is 11.5. The fourth-order valence-corrected chi connectivity index (χ4v) is 3.79. The van der Waals surface area contributed by atoms with E-state index in [1.165, 1.54) is 0 Å². The molecular formula is C18H17N3O2S. The van der Waals surface area contributed by atoms with E-state index in [0.29, 0.717) is 19.7 Å². The van der Waals surface area contributed by atoms with E-state index in [0.717, 1.165) is 27.6 Å². The van der Waals surface area contributed by atoms with Gasteiger partial charge in [0.1, 0.15) is 6.61 Å². The van der Waals surface area contributed by atoms with E-state index >= 15 is 0 Å². The van der Waals surface area contributed by atoms with Crippen LogP contribution in [0.2, 0.25) is 0 Å². The first-order chi connectivity index (χ1) is 11.8. The molecule has 1 aliphatic rings. The third-order valence-electron chi connectivity index (χ3n) is 3.98. The molecule has 6 heteroatoms. The van der Waals surface area contributed by atoms with Gasteiger partial charge in [0.2, 0.25) is 0 Å². The van der Waals surface area contributed by atoms with Crippen molar-refractivity contribution in [3.05, 3.63) is 54.6 Å². The van der Waals surface area contributed by atoms with Crippen LogP contribution in [0.3, 0.4) is 0 Å². The molecule has 0 bridgehead atoms. The van der Waals surface area contributed by atoms with Crippen molar-refractivity contribution < 1.29 is 9.53 Å².